The molecule has 0 radical (unpaired) electrons. The van der Waals surface area contributed by atoms with Gasteiger partial charge in [0.15, 0.2) is 0 Å². The minimum absolute atomic E-state index is 0.154. The molecule has 0 saturated heterocycles. The lowest BCUT2D eigenvalue weighted by atomic mass is 10.0. The Morgan fingerprint density at radius 1 is 1.17 bits per heavy atom. The molecule has 3 aromatic rings. The summed E-state index contributed by atoms with van der Waals surface area (Å²) in [6.45, 7) is 3.96. The maximum absolute atomic E-state index is 13.0. The number of nitrogens with zero attached hydrogens (tertiary/aromatic N) is 1. The number of imidazole rings is 1. The zero-order chi connectivity index (χ0) is 25.2. The number of aryl methyl sites for hydroxylation is 1. The van der Waals surface area contributed by atoms with Crippen molar-refractivity contribution >= 4 is 28.5 Å². The first-order valence-corrected chi connectivity index (χ1v) is 12.1. The lowest BCUT2D eigenvalue weighted by molar-refractivity contribution is -0.128. The molecule has 2 amide bonds. The maximum atomic E-state index is 13.0. The summed E-state index contributed by atoms with van der Waals surface area (Å²) in [7, 11) is 1.61. The number of rotatable bonds is 14. The molecule has 0 aliphatic heterocycles. The minimum atomic E-state index is -0.637. The fourth-order valence-electron chi connectivity index (χ4n) is 4.16. The van der Waals surface area contributed by atoms with Gasteiger partial charge in [0.1, 0.15) is 17.6 Å². The second-order valence-electron chi connectivity index (χ2n) is 8.86. The Bertz CT molecular complexity index is 1140. The summed E-state index contributed by atoms with van der Waals surface area (Å²) in [6.07, 6.45) is 7.51. The fraction of sp³-hybridized carbons (Fsp3) is 0.462. The van der Waals surface area contributed by atoms with Crippen LogP contribution in [0.4, 0.5) is 0 Å². The predicted octanol–water partition coefficient (Wildman–Crippen LogP) is 3.13. The topological polar surface area (TPSA) is 129 Å². The fourth-order valence-corrected chi connectivity index (χ4v) is 4.16. The van der Waals surface area contributed by atoms with Gasteiger partial charge in [-0.25, -0.2) is 4.98 Å². The van der Waals surface area contributed by atoms with Crippen molar-refractivity contribution in [3.8, 4) is 5.75 Å². The van der Waals surface area contributed by atoms with E-state index in [1.807, 2.05) is 25.1 Å². The van der Waals surface area contributed by atoms with Crippen LogP contribution in [0.5, 0.6) is 5.75 Å². The van der Waals surface area contributed by atoms with Gasteiger partial charge in [-0.05, 0) is 50.5 Å². The molecule has 9 nitrogen and oxygen atoms in total. The summed E-state index contributed by atoms with van der Waals surface area (Å²) in [5.41, 5.74) is 3.66. The van der Waals surface area contributed by atoms with E-state index in [1.54, 1.807) is 26.6 Å². The number of carbonyl (C=O) groups is 3. The summed E-state index contributed by atoms with van der Waals surface area (Å²) in [6, 6.07) is 5.08. The summed E-state index contributed by atoms with van der Waals surface area (Å²) in [5.74, 6) is 0.464. The molecule has 0 fully saturated rings. The van der Waals surface area contributed by atoms with Crippen molar-refractivity contribution in [3.63, 3.8) is 0 Å². The molecule has 0 aliphatic rings. The number of hydrogen-bond acceptors (Lipinski definition) is 5. The quantitative estimate of drug-likeness (QED) is 0.263. The minimum Gasteiger partial charge on any atom is -0.497 e. The van der Waals surface area contributed by atoms with Crippen LogP contribution in [0, 0.1) is 6.92 Å². The lowest BCUT2D eigenvalue weighted by Gasteiger charge is -2.19. The zero-order valence-corrected chi connectivity index (χ0v) is 20.7. The van der Waals surface area contributed by atoms with Crippen LogP contribution < -0.4 is 15.4 Å². The number of carbonyl (C=O) groups excluding carboxylic acids is 3. The number of benzene rings is 1. The van der Waals surface area contributed by atoms with Gasteiger partial charge >= 0.3 is 0 Å². The van der Waals surface area contributed by atoms with Gasteiger partial charge < -0.3 is 30.1 Å². The third-order valence-corrected chi connectivity index (χ3v) is 6.09. The average molecular weight is 482 g/mol. The molecule has 1 aromatic carbocycles. The molecule has 0 bridgehead atoms. The molecule has 188 valence electrons. The van der Waals surface area contributed by atoms with E-state index in [0.717, 1.165) is 52.9 Å². The van der Waals surface area contributed by atoms with E-state index in [1.165, 1.54) is 0 Å². The number of aromatic amines is 2. The molecule has 4 N–H and O–H groups in total. The van der Waals surface area contributed by atoms with E-state index in [-0.39, 0.29) is 24.0 Å². The number of methoxy groups -OCH3 is 1. The number of ether oxygens (including phenoxy) is 1. The van der Waals surface area contributed by atoms with Crippen LogP contribution in [0.2, 0.25) is 0 Å². The van der Waals surface area contributed by atoms with E-state index in [0.29, 0.717) is 25.8 Å². The van der Waals surface area contributed by atoms with Gasteiger partial charge in [-0.1, -0.05) is 12.8 Å². The molecule has 3 rings (SSSR count). The molecule has 35 heavy (non-hydrogen) atoms. The van der Waals surface area contributed by atoms with E-state index >= 15 is 0 Å². The number of H-pyrrole nitrogens is 2. The molecule has 0 aliphatic carbocycles. The summed E-state index contributed by atoms with van der Waals surface area (Å²) >= 11 is 0. The SMILES string of the molecule is COc1ccc2[nH]c(C)c(CC(=O)N[C@@H](CCCCCC(C)=O)C(=O)NCCc3cnc[nH]3)c2c1. The third-order valence-electron chi connectivity index (χ3n) is 6.09. The molecular weight excluding hydrogens is 446 g/mol. The highest BCUT2D eigenvalue weighted by atomic mass is 16.5. The predicted molar refractivity (Wildman–Crippen MR) is 134 cm³/mol. The van der Waals surface area contributed by atoms with E-state index in [4.69, 9.17) is 4.74 Å². The number of nitrogens with one attached hydrogen (secondary N) is 4. The third kappa shape index (κ3) is 7.70. The van der Waals surface area contributed by atoms with Crippen molar-refractivity contribution in [2.45, 2.75) is 64.8 Å². The van der Waals surface area contributed by atoms with Crippen molar-refractivity contribution in [3.05, 3.63) is 47.7 Å². The second kappa shape index (κ2) is 12.7. The Balaban J connectivity index is 1.62. The van der Waals surface area contributed by atoms with Gasteiger partial charge in [0, 0.05) is 47.9 Å². The van der Waals surface area contributed by atoms with Crippen molar-refractivity contribution in [1.29, 1.82) is 0 Å². The number of unbranched alkanes of at least 4 members (excludes halogenated alkanes) is 2. The van der Waals surface area contributed by atoms with Crippen molar-refractivity contribution in [2.75, 3.05) is 13.7 Å². The number of fused-ring (bicyclic) bond motifs is 1. The normalized spacial score (nSPS) is 11.9. The highest BCUT2D eigenvalue weighted by Gasteiger charge is 2.22. The largest absolute Gasteiger partial charge is 0.497 e. The monoisotopic (exact) mass is 481 g/mol. The van der Waals surface area contributed by atoms with E-state index < -0.39 is 6.04 Å². The van der Waals surface area contributed by atoms with Gasteiger partial charge in [-0.3, -0.25) is 9.59 Å². The van der Waals surface area contributed by atoms with Gasteiger partial charge in [0.05, 0.1) is 19.9 Å². The van der Waals surface area contributed by atoms with Crippen LogP contribution in [0.1, 0.15) is 56.0 Å². The molecule has 9 heteroatoms. The Kier molecular flexibility index (Phi) is 9.46. The average Bonchev–Trinajstić information content (AvgIpc) is 3.45. The van der Waals surface area contributed by atoms with Crippen molar-refractivity contribution in [2.24, 2.45) is 0 Å². The highest BCUT2D eigenvalue weighted by Crippen LogP contribution is 2.26. The van der Waals surface area contributed by atoms with E-state index in [9.17, 15) is 14.4 Å². The van der Waals surface area contributed by atoms with Crippen LogP contribution in [-0.4, -0.2) is 52.2 Å². The zero-order valence-electron chi connectivity index (χ0n) is 20.7. The smallest absolute Gasteiger partial charge is 0.242 e. The number of aromatic nitrogens is 3. The van der Waals surface area contributed by atoms with Crippen LogP contribution >= 0.6 is 0 Å². The van der Waals surface area contributed by atoms with Crippen LogP contribution in [0.25, 0.3) is 10.9 Å². The molecule has 0 saturated carbocycles. The van der Waals surface area contributed by atoms with Gasteiger partial charge in [0.25, 0.3) is 0 Å². The lowest BCUT2D eigenvalue weighted by Crippen LogP contribution is -2.47. The molecule has 1 atom stereocenters. The Labute approximate surface area is 205 Å². The highest BCUT2D eigenvalue weighted by molar-refractivity contribution is 5.93. The first kappa shape index (κ1) is 26.0. The molecule has 0 unspecified atom stereocenters. The van der Waals surface area contributed by atoms with Crippen LogP contribution in [0.3, 0.4) is 0 Å². The molecule has 0 spiro atoms. The van der Waals surface area contributed by atoms with Gasteiger partial charge in [-0.2, -0.15) is 0 Å². The van der Waals surface area contributed by atoms with Gasteiger partial charge in [0.2, 0.25) is 11.8 Å². The molecular formula is C26H35N5O4. The van der Waals surface area contributed by atoms with Gasteiger partial charge in [-0.15, -0.1) is 0 Å². The Morgan fingerprint density at radius 2 is 2.00 bits per heavy atom. The summed E-state index contributed by atoms with van der Waals surface area (Å²) in [4.78, 5) is 47.4. The second-order valence-corrected chi connectivity index (χ2v) is 8.86. The number of hydrogen-bond donors (Lipinski definition) is 4. The summed E-state index contributed by atoms with van der Waals surface area (Å²) < 4.78 is 5.34. The molecule has 2 aromatic heterocycles. The Morgan fingerprint density at radius 3 is 2.71 bits per heavy atom. The first-order chi connectivity index (χ1) is 16.9. The summed E-state index contributed by atoms with van der Waals surface area (Å²) in [5, 5.41) is 6.79. The maximum Gasteiger partial charge on any atom is 0.242 e. The first-order valence-electron chi connectivity index (χ1n) is 12.1. The van der Waals surface area contributed by atoms with Crippen molar-refractivity contribution < 1.29 is 19.1 Å². The number of Topliss-reactive ketones (excluding diaryl/α,β-unsaturated/α-hetero) is 1. The number of ketones is 1. The van der Waals surface area contributed by atoms with Crippen molar-refractivity contribution in [1.82, 2.24) is 25.6 Å². The Hall–Kier alpha value is -3.62. The number of amides is 2. The van der Waals surface area contributed by atoms with E-state index in [2.05, 4.69) is 25.6 Å². The van der Waals surface area contributed by atoms with Crippen LogP contribution in [-0.2, 0) is 27.2 Å². The standard InChI is InChI=1S/C26H35N5O4/c1-17(32)7-5-4-6-8-24(26(34)28-12-11-19-15-27-16-29-19)31-25(33)14-21-18(2)30-23-10-9-20(35-3)13-22(21)23/h9-10,13,15-16,24,30H,4-8,11-12,14H2,1-3H3,(H,27,29)(H,28,34)(H,31,33)/t24-/m0/s1. The van der Waals surface area contributed by atoms with Crippen LogP contribution in [0.15, 0.2) is 30.7 Å². The molecule has 2 heterocycles.